The molecule has 0 fully saturated rings. The normalized spacial score (nSPS) is 11.1. The number of carbonyl (C=O) groups is 1. The minimum atomic E-state index is -0.0903. The Morgan fingerprint density at radius 2 is 0.900 bits per heavy atom. The summed E-state index contributed by atoms with van der Waals surface area (Å²) in [4.78, 5) is 11.7. The largest absolute Gasteiger partial charge is 0.466 e. The highest BCUT2D eigenvalue weighted by Crippen LogP contribution is 2.13. The Labute approximate surface area is 187 Å². The molecule has 4 heteroatoms. The first-order valence-corrected chi connectivity index (χ1v) is 13.1. The summed E-state index contributed by atoms with van der Waals surface area (Å²) in [5.41, 5.74) is 0. The Balaban J connectivity index is 3.12. The van der Waals surface area contributed by atoms with Gasteiger partial charge >= 0.3 is 5.97 Å². The first-order chi connectivity index (χ1) is 14.8. The Morgan fingerprint density at radius 3 is 1.40 bits per heavy atom. The quantitative estimate of drug-likeness (QED) is 0.111. The maximum absolute atomic E-state index is 11.7. The van der Waals surface area contributed by atoms with Gasteiger partial charge in [0.25, 0.3) is 0 Å². The molecule has 30 heavy (non-hydrogen) atoms. The van der Waals surface area contributed by atoms with E-state index in [4.69, 9.17) is 14.2 Å². The standard InChI is InChI=1S/C26H52O4/c1-3-5-7-8-9-10-11-12-13-14-15-16-17-18-23-30-26(27)20-19-22-29-25-24-28-21-6-4-2/h3-25H2,1-2H3. The number of hydrogen-bond acceptors (Lipinski definition) is 4. The second kappa shape index (κ2) is 26.4. The fourth-order valence-corrected chi connectivity index (χ4v) is 3.44. The van der Waals surface area contributed by atoms with Gasteiger partial charge in [0.05, 0.1) is 19.8 Å². The molecule has 0 amide bonds. The molecule has 180 valence electrons. The summed E-state index contributed by atoms with van der Waals surface area (Å²) in [5, 5.41) is 0. The number of carbonyl (C=O) groups excluding carboxylic acids is 1. The molecule has 0 aliphatic heterocycles. The molecule has 0 aromatic heterocycles. The zero-order valence-electron chi connectivity index (χ0n) is 20.4. The van der Waals surface area contributed by atoms with Crippen LogP contribution in [-0.4, -0.2) is 39.0 Å². The molecule has 0 spiro atoms. The third-order valence-electron chi connectivity index (χ3n) is 5.44. The van der Waals surface area contributed by atoms with Crippen molar-refractivity contribution in [1.29, 1.82) is 0 Å². The first-order valence-electron chi connectivity index (χ1n) is 13.1. The van der Waals surface area contributed by atoms with Crippen LogP contribution in [0.25, 0.3) is 0 Å². The molecule has 0 rings (SSSR count). The maximum atomic E-state index is 11.7. The molecule has 0 saturated heterocycles. The highest BCUT2D eigenvalue weighted by atomic mass is 16.5. The zero-order valence-corrected chi connectivity index (χ0v) is 20.4. The molecule has 4 nitrogen and oxygen atoms in total. The van der Waals surface area contributed by atoms with Gasteiger partial charge in [-0.2, -0.15) is 0 Å². The summed E-state index contributed by atoms with van der Waals surface area (Å²) in [6.07, 6.45) is 22.2. The number of hydrogen-bond donors (Lipinski definition) is 0. The van der Waals surface area contributed by atoms with E-state index in [2.05, 4.69) is 13.8 Å². The van der Waals surface area contributed by atoms with E-state index in [-0.39, 0.29) is 5.97 Å². The minimum Gasteiger partial charge on any atom is -0.466 e. The molecule has 0 aromatic rings. The van der Waals surface area contributed by atoms with Crippen LogP contribution in [0.1, 0.15) is 129 Å². The van der Waals surface area contributed by atoms with Crippen LogP contribution < -0.4 is 0 Å². The van der Waals surface area contributed by atoms with Gasteiger partial charge in [0, 0.05) is 19.6 Å². The van der Waals surface area contributed by atoms with Crippen molar-refractivity contribution in [2.75, 3.05) is 33.0 Å². The lowest BCUT2D eigenvalue weighted by atomic mass is 10.0. The predicted molar refractivity (Wildman–Crippen MR) is 127 cm³/mol. The van der Waals surface area contributed by atoms with Crippen LogP contribution in [0.4, 0.5) is 0 Å². The molecule has 0 aliphatic rings. The molecule has 0 aromatic carbocycles. The number of unbranched alkanes of at least 4 members (excludes halogenated alkanes) is 14. The van der Waals surface area contributed by atoms with Gasteiger partial charge in [-0.3, -0.25) is 4.79 Å². The highest BCUT2D eigenvalue weighted by molar-refractivity contribution is 5.69. The Kier molecular flexibility index (Phi) is 25.9. The molecule has 0 heterocycles. The van der Waals surface area contributed by atoms with E-state index in [1.54, 1.807) is 0 Å². The first kappa shape index (κ1) is 29.4. The van der Waals surface area contributed by atoms with Crippen LogP contribution >= 0.6 is 0 Å². The van der Waals surface area contributed by atoms with E-state index in [1.807, 2.05) is 0 Å². The molecular formula is C26H52O4. The number of rotatable bonds is 25. The van der Waals surface area contributed by atoms with Gasteiger partial charge in [0.2, 0.25) is 0 Å². The third kappa shape index (κ3) is 25.4. The van der Waals surface area contributed by atoms with Crippen LogP contribution in [-0.2, 0) is 19.0 Å². The predicted octanol–water partition coefficient (Wildman–Crippen LogP) is 7.62. The number of esters is 1. The minimum absolute atomic E-state index is 0.0903. The SMILES string of the molecule is CCCCCCCCCCCCCCCCOC(=O)CCCOCCOCCCC. The topological polar surface area (TPSA) is 44.8 Å². The van der Waals surface area contributed by atoms with Gasteiger partial charge in [0.1, 0.15) is 0 Å². The average molecular weight is 429 g/mol. The van der Waals surface area contributed by atoms with Gasteiger partial charge in [-0.05, 0) is 19.3 Å². The molecule has 0 unspecified atom stereocenters. The molecular weight excluding hydrogens is 376 g/mol. The van der Waals surface area contributed by atoms with Crippen molar-refractivity contribution in [2.24, 2.45) is 0 Å². The van der Waals surface area contributed by atoms with Crippen molar-refractivity contribution in [3.8, 4) is 0 Å². The van der Waals surface area contributed by atoms with Crippen molar-refractivity contribution in [1.82, 2.24) is 0 Å². The third-order valence-corrected chi connectivity index (χ3v) is 5.44. The van der Waals surface area contributed by atoms with Crippen LogP contribution in [0, 0.1) is 0 Å². The lowest BCUT2D eigenvalue weighted by Gasteiger charge is -2.06. The molecule has 0 aliphatic carbocycles. The fraction of sp³-hybridized carbons (Fsp3) is 0.962. The summed E-state index contributed by atoms with van der Waals surface area (Å²) >= 11 is 0. The second-order valence-electron chi connectivity index (χ2n) is 8.50. The lowest BCUT2D eigenvalue weighted by Crippen LogP contribution is -2.09. The van der Waals surface area contributed by atoms with Crippen molar-refractivity contribution >= 4 is 5.97 Å². The second-order valence-corrected chi connectivity index (χ2v) is 8.50. The van der Waals surface area contributed by atoms with Gasteiger partial charge < -0.3 is 14.2 Å². The van der Waals surface area contributed by atoms with Gasteiger partial charge in [0.15, 0.2) is 0 Å². The zero-order chi connectivity index (χ0) is 22.0. The monoisotopic (exact) mass is 428 g/mol. The van der Waals surface area contributed by atoms with E-state index in [0.717, 1.165) is 32.3 Å². The summed E-state index contributed by atoms with van der Waals surface area (Å²) < 4.78 is 16.2. The number of ether oxygens (including phenoxy) is 3. The summed E-state index contributed by atoms with van der Waals surface area (Å²) in [6, 6.07) is 0. The van der Waals surface area contributed by atoms with Crippen molar-refractivity contribution in [2.45, 2.75) is 129 Å². The van der Waals surface area contributed by atoms with Crippen molar-refractivity contribution in [3.05, 3.63) is 0 Å². The van der Waals surface area contributed by atoms with Crippen LogP contribution in [0.15, 0.2) is 0 Å². The van der Waals surface area contributed by atoms with Crippen LogP contribution in [0.2, 0.25) is 0 Å². The van der Waals surface area contributed by atoms with Crippen molar-refractivity contribution in [3.63, 3.8) is 0 Å². The Morgan fingerprint density at radius 1 is 0.467 bits per heavy atom. The molecule has 0 saturated carbocycles. The summed E-state index contributed by atoms with van der Waals surface area (Å²) in [5.74, 6) is -0.0903. The highest BCUT2D eigenvalue weighted by Gasteiger charge is 2.02. The van der Waals surface area contributed by atoms with Gasteiger partial charge in [-0.1, -0.05) is 104 Å². The van der Waals surface area contributed by atoms with E-state index < -0.39 is 0 Å². The van der Waals surface area contributed by atoms with Gasteiger partial charge in [-0.25, -0.2) is 0 Å². The molecule has 0 N–H and O–H groups in total. The molecule has 0 radical (unpaired) electrons. The van der Waals surface area contributed by atoms with E-state index in [9.17, 15) is 4.79 Å². The Hall–Kier alpha value is -0.610. The van der Waals surface area contributed by atoms with Crippen LogP contribution in [0.5, 0.6) is 0 Å². The summed E-state index contributed by atoms with van der Waals surface area (Å²) in [6.45, 7) is 7.66. The lowest BCUT2D eigenvalue weighted by molar-refractivity contribution is -0.144. The van der Waals surface area contributed by atoms with Crippen LogP contribution in [0.3, 0.4) is 0 Å². The van der Waals surface area contributed by atoms with Gasteiger partial charge in [-0.15, -0.1) is 0 Å². The molecule has 0 atom stereocenters. The van der Waals surface area contributed by atoms with E-state index >= 15 is 0 Å². The van der Waals surface area contributed by atoms with Crippen molar-refractivity contribution < 1.29 is 19.0 Å². The molecule has 0 bridgehead atoms. The Bertz CT molecular complexity index is 333. The maximum Gasteiger partial charge on any atom is 0.305 e. The van der Waals surface area contributed by atoms with E-state index in [0.29, 0.717) is 32.8 Å². The van der Waals surface area contributed by atoms with E-state index in [1.165, 1.54) is 83.5 Å². The summed E-state index contributed by atoms with van der Waals surface area (Å²) in [7, 11) is 0. The fourth-order valence-electron chi connectivity index (χ4n) is 3.44. The average Bonchev–Trinajstić information content (AvgIpc) is 2.75. The smallest absolute Gasteiger partial charge is 0.305 e.